The third-order valence-electron chi connectivity index (χ3n) is 5.37. The number of nitrogens with one attached hydrogen (secondary N) is 2. The fourth-order valence-electron chi connectivity index (χ4n) is 3.89. The van der Waals surface area contributed by atoms with Crippen LogP contribution in [0.5, 0.6) is 0 Å². The van der Waals surface area contributed by atoms with Gasteiger partial charge in [-0.1, -0.05) is 51.5 Å². The second-order valence-corrected chi connectivity index (χ2v) is 10.4. The van der Waals surface area contributed by atoms with E-state index in [9.17, 15) is 19.6 Å². The summed E-state index contributed by atoms with van der Waals surface area (Å²) in [4.78, 5) is 41.2. The Bertz CT molecular complexity index is 901. The molecule has 0 aliphatic carbocycles. The van der Waals surface area contributed by atoms with Crippen LogP contribution in [0.15, 0.2) is 24.3 Å². The SMILES string of the molecule is CCCC(C)NC(=O)C(c1ccccc1C)N(CC#N)C(=O)C(CC(C)C)NC(=O)OC(C)(C)C. The summed E-state index contributed by atoms with van der Waals surface area (Å²) in [7, 11) is 0. The minimum atomic E-state index is -1.02. The van der Waals surface area contributed by atoms with Crippen LogP contribution in [0.4, 0.5) is 4.79 Å². The van der Waals surface area contributed by atoms with E-state index in [2.05, 4.69) is 10.6 Å². The lowest BCUT2D eigenvalue weighted by molar-refractivity contribution is -0.142. The number of alkyl carbamates (subject to hydrolysis) is 1. The highest BCUT2D eigenvalue weighted by molar-refractivity contribution is 5.92. The monoisotopic (exact) mass is 486 g/mol. The zero-order chi connectivity index (χ0) is 26.8. The van der Waals surface area contributed by atoms with Gasteiger partial charge in [-0.05, 0) is 64.5 Å². The number of hydrogen-bond acceptors (Lipinski definition) is 5. The van der Waals surface area contributed by atoms with Gasteiger partial charge in [0.15, 0.2) is 0 Å². The molecular weight excluding hydrogens is 444 g/mol. The first-order valence-corrected chi connectivity index (χ1v) is 12.3. The second-order valence-electron chi connectivity index (χ2n) is 10.4. The maximum Gasteiger partial charge on any atom is 0.408 e. The Morgan fingerprint density at radius 1 is 1.11 bits per heavy atom. The lowest BCUT2D eigenvalue weighted by Crippen LogP contribution is -2.54. The molecule has 0 heterocycles. The third kappa shape index (κ3) is 9.97. The Morgan fingerprint density at radius 3 is 2.26 bits per heavy atom. The number of aryl methyl sites for hydroxylation is 1. The molecular formula is C27H42N4O4. The van der Waals surface area contributed by atoms with Gasteiger partial charge in [0.05, 0.1) is 6.07 Å². The number of ether oxygens (including phenoxy) is 1. The molecule has 1 aromatic rings. The van der Waals surface area contributed by atoms with E-state index in [1.54, 1.807) is 32.9 Å². The van der Waals surface area contributed by atoms with Crippen molar-refractivity contribution >= 4 is 17.9 Å². The smallest absolute Gasteiger partial charge is 0.408 e. The van der Waals surface area contributed by atoms with Gasteiger partial charge in [-0.3, -0.25) is 9.59 Å². The summed E-state index contributed by atoms with van der Waals surface area (Å²) in [5, 5.41) is 15.3. The molecule has 0 spiro atoms. The van der Waals surface area contributed by atoms with E-state index in [1.807, 2.05) is 52.8 Å². The Labute approximate surface area is 210 Å². The van der Waals surface area contributed by atoms with Gasteiger partial charge in [0.25, 0.3) is 0 Å². The van der Waals surface area contributed by atoms with Crippen molar-refractivity contribution in [2.45, 2.75) is 98.4 Å². The van der Waals surface area contributed by atoms with Crippen molar-refractivity contribution in [1.29, 1.82) is 5.26 Å². The number of rotatable bonds is 11. The molecule has 194 valence electrons. The van der Waals surface area contributed by atoms with Crippen LogP contribution >= 0.6 is 0 Å². The maximum absolute atomic E-state index is 13.8. The molecule has 1 rings (SSSR count). The number of benzene rings is 1. The highest BCUT2D eigenvalue weighted by Gasteiger charge is 2.37. The summed E-state index contributed by atoms with van der Waals surface area (Å²) in [5.74, 6) is -0.791. The normalized spacial score (nSPS) is 13.8. The molecule has 1 aromatic carbocycles. The molecule has 0 bridgehead atoms. The minimum absolute atomic E-state index is 0.0677. The van der Waals surface area contributed by atoms with Crippen LogP contribution in [0.25, 0.3) is 0 Å². The minimum Gasteiger partial charge on any atom is -0.444 e. The van der Waals surface area contributed by atoms with Crippen LogP contribution < -0.4 is 10.6 Å². The molecule has 0 saturated heterocycles. The van der Waals surface area contributed by atoms with Crippen LogP contribution in [0.1, 0.15) is 84.9 Å². The molecule has 3 amide bonds. The van der Waals surface area contributed by atoms with Gasteiger partial charge >= 0.3 is 6.09 Å². The molecule has 3 unspecified atom stereocenters. The van der Waals surface area contributed by atoms with Crippen LogP contribution in [-0.4, -0.2) is 47.0 Å². The van der Waals surface area contributed by atoms with Gasteiger partial charge in [0.2, 0.25) is 11.8 Å². The van der Waals surface area contributed by atoms with Crippen molar-refractivity contribution in [3.63, 3.8) is 0 Å². The summed E-state index contributed by atoms with van der Waals surface area (Å²) in [5.41, 5.74) is 0.728. The van der Waals surface area contributed by atoms with Crippen LogP contribution in [-0.2, 0) is 14.3 Å². The van der Waals surface area contributed by atoms with E-state index in [1.165, 1.54) is 4.90 Å². The van der Waals surface area contributed by atoms with E-state index < -0.39 is 29.7 Å². The van der Waals surface area contributed by atoms with Crippen LogP contribution in [0.2, 0.25) is 0 Å². The van der Waals surface area contributed by atoms with Gasteiger partial charge in [-0.25, -0.2) is 4.79 Å². The Morgan fingerprint density at radius 2 is 1.74 bits per heavy atom. The number of nitriles is 1. The van der Waals surface area contributed by atoms with Crippen LogP contribution in [0, 0.1) is 24.2 Å². The van der Waals surface area contributed by atoms with Gasteiger partial charge in [-0.15, -0.1) is 0 Å². The van der Waals surface area contributed by atoms with Crippen molar-refractivity contribution in [2.75, 3.05) is 6.54 Å². The van der Waals surface area contributed by atoms with Crippen molar-refractivity contribution in [3.05, 3.63) is 35.4 Å². The number of carbonyl (C=O) groups excluding carboxylic acids is 3. The van der Waals surface area contributed by atoms with E-state index in [4.69, 9.17) is 4.74 Å². The standard InChI is InChI=1S/C27H42N4O4/c1-9-12-20(5)29-24(32)23(21-14-11-10-13-19(21)4)31(16-15-28)25(33)22(17-18(2)3)30-26(34)35-27(6,7)8/h10-11,13-14,18,20,22-23H,9,12,16-17H2,1-8H3,(H,29,32)(H,30,34). The molecule has 0 aliphatic heterocycles. The first-order chi connectivity index (χ1) is 16.3. The maximum atomic E-state index is 13.8. The highest BCUT2D eigenvalue weighted by Crippen LogP contribution is 2.26. The van der Waals surface area contributed by atoms with Gasteiger partial charge in [0.1, 0.15) is 24.2 Å². The third-order valence-corrected chi connectivity index (χ3v) is 5.37. The van der Waals surface area contributed by atoms with Gasteiger partial charge in [0, 0.05) is 6.04 Å². The zero-order valence-corrected chi connectivity index (χ0v) is 22.5. The van der Waals surface area contributed by atoms with E-state index in [0.717, 1.165) is 18.4 Å². The largest absolute Gasteiger partial charge is 0.444 e. The average molecular weight is 487 g/mol. The molecule has 2 N–H and O–H groups in total. The predicted molar refractivity (Wildman–Crippen MR) is 136 cm³/mol. The van der Waals surface area contributed by atoms with Gasteiger partial charge in [-0.2, -0.15) is 5.26 Å². The molecule has 0 saturated carbocycles. The Balaban J connectivity index is 3.45. The number of amides is 3. The molecule has 3 atom stereocenters. The first-order valence-electron chi connectivity index (χ1n) is 12.3. The van der Waals surface area contributed by atoms with E-state index >= 15 is 0 Å². The summed E-state index contributed by atoms with van der Waals surface area (Å²) < 4.78 is 5.37. The lowest BCUT2D eigenvalue weighted by atomic mass is 9.96. The zero-order valence-electron chi connectivity index (χ0n) is 22.5. The van der Waals surface area contributed by atoms with E-state index in [-0.39, 0.29) is 24.4 Å². The Hall–Kier alpha value is -3.08. The molecule has 0 fully saturated rings. The van der Waals surface area contributed by atoms with Crippen molar-refractivity contribution in [3.8, 4) is 6.07 Å². The summed E-state index contributed by atoms with van der Waals surface area (Å²) in [6, 6.07) is 7.29. The fraction of sp³-hybridized carbons (Fsp3) is 0.630. The molecule has 8 nitrogen and oxygen atoms in total. The summed E-state index contributed by atoms with van der Waals surface area (Å²) in [6.45, 7) is 14.6. The fourth-order valence-corrected chi connectivity index (χ4v) is 3.89. The quantitative estimate of drug-likeness (QED) is 0.443. The molecule has 0 radical (unpaired) electrons. The molecule has 0 aliphatic rings. The van der Waals surface area contributed by atoms with Crippen molar-refractivity contribution in [1.82, 2.24) is 15.5 Å². The molecule has 35 heavy (non-hydrogen) atoms. The van der Waals surface area contributed by atoms with Crippen molar-refractivity contribution < 1.29 is 19.1 Å². The highest BCUT2D eigenvalue weighted by atomic mass is 16.6. The lowest BCUT2D eigenvalue weighted by Gasteiger charge is -2.34. The summed E-state index contributed by atoms with van der Waals surface area (Å²) in [6.07, 6.45) is 1.29. The second kappa shape index (κ2) is 13.7. The summed E-state index contributed by atoms with van der Waals surface area (Å²) >= 11 is 0. The van der Waals surface area contributed by atoms with Crippen molar-refractivity contribution in [2.24, 2.45) is 5.92 Å². The Kier molecular flexibility index (Phi) is 11.7. The topological polar surface area (TPSA) is 112 Å². The molecule has 8 heteroatoms. The van der Waals surface area contributed by atoms with Gasteiger partial charge < -0.3 is 20.3 Å². The number of hydrogen-bond donors (Lipinski definition) is 2. The van der Waals surface area contributed by atoms with Crippen LogP contribution in [0.3, 0.4) is 0 Å². The average Bonchev–Trinajstić information content (AvgIpc) is 2.72. The predicted octanol–water partition coefficient (Wildman–Crippen LogP) is 4.63. The number of nitrogens with zero attached hydrogens (tertiary/aromatic N) is 2. The number of carbonyl (C=O) groups is 3. The van der Waals surface area contributed by atoms with E-state index in [0.29, 0.717) is 12.0 Å². The first kappa shape index (κ1) is 30.0. The molecule has 0 aromatic heterocycles.